The fourth-order valence-corrected chi connectivity index (χ4v) is 5.20. The van der Waals surface area contributed by atoms with Gasteiger partial charge in [0.05, 0.1) is 41.0 Å². The van der Waals surface area contributed by atoms with Crippen LogP contribution in [0.15, 0.2) is 59.6 Å². The summed E-state index contributed by atoms with van der Waals surface area (Å²) in [6.07, 6.45) is 1.67. The fourth-order valence-electron chi connectivity index (χ4n) is 3.77. The van der Waals surface area contributed by atoms with Crippen LogP contribution in [-0.4, -0.2) is 63.6 Å². The van der Waals surface area contributed by atoms with Gasteiger partial charge in [0, 0.05) is 19.6 Å². The standard InChI is InChI=1S/C21H22N6O3S/c1-2-26-20-9-8-17(31(28,29)25-10-12-30-13-11-25)14-18(20)23-21(26)19-15-22-27(24-19)16-6-4-3-5-7-16/h3-9,14-15H,2,10-13H2,1H3. The molecule has 1 saturated heterocycles. The molecule has 3 heterocycles. The average molecular weight is 439 g/mol. The lowest BCUT2D eigenvalue weighted by molar-refractivity contribution is 0.0730. The van der Waals surface area contributed by atoms with Crippen LogP contribution in [-0.2, 0) is 21.3 Å². The number of morpholine rings is 1. The predicted molar refractivity (Wildman–Crippen MR) is 115 cm³/mol. The van der Waals surface area contributed by atoms with Gasteiger partial charge in [0.25, 0.3) is 0 Å². The molecule has 5 rings (SSSR count). The first-order valence-electron chi connectivity index (χ1n) is 10.1. The molecule has 0 amide bonds. The second-order valence-electron chi connectivity index (χ2n) is 7.20. The molecule has 1 fully saturated rings. The summed E-state index contributed by atoms with van der Waals surface area (Å²) in [6.45, 7) is 4.22. The van der Waals surface area contributed by atoms with Gasteiger partial charge in [-0.25, -0.2) is 13.4 Å². The van der Waals surface area contributed by atoms with Crippen LogP contribution in [0.2, 0.25) is 0 Å². The Hall–Kier alpha value is -3.08. The molecular weight excluding hydrogens is 416 g/mol. The van der Waals surface area contributed by atoms with Crippen LogP contribution >= 0.6 is 0 Å². The zero-order chi connectivity index (χ0) is 21.4. The summed E-state index contributed by atoms with van der Waals surface area (Å²) < 4.78 is 34.8. The Morgan fingerprint density at radius 1 is 1.06 bits per heavy atom. The van der Waals surface area contributed by atoms with Crippen LogP contribution in [0, 0.1) is 0 Å². The lowest BCUT2D eigenvalue weighted by atomic mass is 10.3. The fraction of sp³-hybridized carbons (Fsp3) is 0.286. The summed E-state index contributed by atoms with van der Waals surface area (Å²) in [4.78, 5) is 6.52. The quantitative estimate of drug-likeness (QED) is 0.475. The topological polar surface area (TPSA) is 95.1 Å². The number of benzene rings is 2. The molecule has 1 aliphatic rings. The lowest BCUT2D eigenvalue weighted by Gasteiger charge is -2.26. The van der Waals surface area contributed by atoms with Crippen LogP contribution in [0.3, 0.4) is 0 Å². The summed E-state index contributed by atoms with van der Waals surface area (Å²) >= 11 is 0. The van der Waals surface area contributed by atoms with Gasteiger partial charge < -0.3 is 9.30 Å². The van der Waals surface area contributed by atoms with E-state index in [1.54, 1.807) is 23.1 Å². The highest BCUT2D eigenvalue weighted by molar-refractivity contribution is 7.89. The van der Waals surface area contributed by atoms with Gasteiger partial charge in [0.1, 0.15) is 5.69 Å². The lowest BCUT2D eigenvalue weighted by Crippen LogP contribution is -2.40. The smallest absolute Gasteiger partial charge is 0.243 e. The van der Waals surface area contributed by atoms with Gasteiger partial charge in [0.15, 0.2) is 5.82 Å². The highest BCUT2D eigenvalue weighted by atomic mass is 32.2. The molecule has 0 N–H and O–H groups in total. The number of imidazole rings is 1. The number of rotatable bonds is 5. The number of ether oxygens (including phenoxy) is 1. The molecular formula is C21H22N6O3S. The van der Waals surface area contributed by atoms with Crippen LogP contribution in [0.4, 0.5) is 0 Å². The number of hydrogen-bond acceptors (Lipinski definition) is 6. The Morgan fingerprint density at radius 3 is 2.58 bits per heavy atom. The Labute approximate surface area is 179 Å². The van der Waals surface area contributed by atoms with Crippen molar-refractivity contribution in [3.05, 3.63) is 54.7 Å². The third-order valence-corrected chi connectivity index (χ3v) is 7.25. The van der Waals surface area contributed by atoms with Crippen molar-refractivity contribution in [3.8, 4) is 17.2 Å². The number of aryl methyl sites for hydroxylation is 1. The molecule has 0 unspecified atom stereocenters. The zero-order valence-corrected chi connectivity index (χ0v) is 17.9. The van der Waals surface area contributed by atoms with Gasteiger partial charge in [-0.1, -0.05) is 18.2 Å². The van der Waals surface area contributed by atoms with E-state index < -0.39 is 10.0 Å². The SMILES string of the molecule is CCn1c(-c2cnn(-c3ccccc3)n2)nc2cc(S(=O)(=O)N3CCOCC3)ccc21. The molecule has 4 aromatic rings. The summed E-state index contributed by atoms with van der Waals surface area (Å²) in [7, 11) is -3.59. The first-order valence-corrected chi connectivity index (χ1v) is 11.6. The molecule has 0 radical (unpaired) electrons. The van der Waals surface area contributed by atoms with Crippen molar-refractivity contribution >= 4 is 21.1 Å². The van der Waals surface area contributed by atoms with Crippen molar-refractivity contribution in [2.75, 3.05) is 26.3 Å². The molecule has 0 spiro atoms. The molecule has 9 nitrogen and oxygen atoms in total. The normalized spacial score (nSPS) is 15.5. The van der Waals surface area contributed by atoms with E-state index >= 15 is 0 Å². The first kappa shape index (κ1) is 19.9. The summed E-state index contributed by atoms with van der Waals surface area (Å²) in [5.41, 5.74) is 2.94. The monoisotopic (exact) mass is 438 g/mol. The Bertz CT molecular complexity index is 1320. The minimum Gasteiger partial charge on any atom is -0.379 e. The molecule has 160 valence electrons. The first-order chi connectivity index (χ1) is 15.1. The van der Waals surface area contributed by atoms with E-state index in [4.69, 9.17) is 9.72 Å². The van der Waals surface area contributed by atoms with Crippen LogP contribution in [0.25, 0.3) is 28.2 Å². The minimum atomic E-state index is -3.59. The third-order valence-electron chi connectivity index (χ3n) is 5.35. The molecule has 0 aliphatic carbocycles. The van der Waals surface area contributed by atoms with Crippen LogP contribution in [0.1, 0.15) is 6.92 Å². The average Bonchev–Trinajstić information content (AvgIpc) is 3.44. The van der Waals surface area contributed by atoms with E-state index in [0.717, 1.165) is 11.2 Å². The van der Waals surface area contributed by atoms with E-state index in [1.165, 1.54) is 4.31 Å². The van der Waals surface area contributed by atoms with E-state index in [-0.39, 0.29) is 4.90 Å². The maximum atomic E-state index is 13.0. The van der Waals surface area contributed by atoms with Gasteiger partial charge in [-0.05, 0) is 37.3 Å². The number of sulfonamides is 1. The maximum Gasteiger partial charge on any atom is 0.243 e. The summed E-state index contributed by atoms with van der Waals surface area (Å²) in [5, 5.41) is 8.95. The summed E-state index contributed by atoms with van der Waals surface area (Å²) in [6, 6.07) is 14.7. The highest BCUT2D eigenvalue weighted by Gasteiger charge is 2.27. The van der Waals surface area contributed by atoms with Crippen molar-refractivity contribution in [2.24, 2.45) is 0 Å². The second-order valence-corrected chi connectivity index (χ2v) is 9.14. The van der Waals surface area contributed by atoms with Gasteiger partial charge in [0.2, 0.25) is 10.0 Å². The van der Waals surface area contributed by atoms with E-state index in [0.29, 0.717) is 49.9 Å². The molecule has 0 bridgehead atoms. The van der Waals surface area contributed by atoms with Gasteiger partial charge in [-0.3, -0.25) is 0 Å². The molecule has 1 aliphatic heterocycles. The minimum absolute atomic E-state index is 0.238. The molecule has 10 heteroatoms. The van der Waals surface area contributed by atoms with Gasteiger partial charge >= 0.3 is 0 Å². The molecule has 2 aromatic carbocycles. The second kappa shape index (κ2) is 7.88. The van der Waals surface area contributed by atoms with Gasteiger partial charge in [-0.2, -0.15) is 14.2 Å². The van der Waals surface area contributed by atoms with Crippen molar-refractivity contribution in [3.63, 3.8) is 0 Å². The molecule has 31 heavy (non-hydrogen) atoms. The number of hydrogen-bond donors (Lipinski definition) is 0. The van der Waals surface area contributed by atoms with Crippen molar-refractivity contribution in [1.82, 2.24) is 28.9 Å². The zero-order valence-electron chi connectivity index (χ0n) is 17.0. The van der Waals surface area contributed by atoms with Crippen molar-refractivity contribution < 1.29 is 13.2 Å². The summed E-state index contributed by atoms with van der Waals surface area (Å²) in [5.74, 6) is 0.653. The molecule has 0 atom stereocenters. The number of nitrogens with zero attached hydrogens (tertiary/aromatic N) is 6. The van der Waals surface area contributed by atoms with E-state index in [2.05, 4.69) is 10.2 Å². The Kier molecular flexibility index (Phi) is 5.05. The van der Waals surface area contributed by atoms with E-state index in [9.17, 15) is 8.42 Å². The maximum absolute atomic E-state index is 13.0. The number of para-hydroxylation sites is 1. The molecule has 0 saturated carbocycles. The van der Waals surface area contributed by atoms with E-state index in [1.807, 2.05) is 47.9 Å². The van der Waals surface area contributed by atoms with Crippen LogP contribution < -0.4 is 0 Å². The van der Waals surface area contributed by atoms with Crippen molar-refractivity contribution in [1.29, 1.82) is 0 Å². The number of fused-ring (bicyclic) bond motifs is 1. The Morgan fingerprint density at radius 2 is 1.84 bits per heavy atom. The largest absolute Gasteiger partial charge is 0.379 e. The Balaban J connectivity index is 1.55. The third kappa shape index (κ3) is 3.52. The molecule has 2 aromatic heterocycles. The predicted octanol–water partition coefficient (Wildman–Crippen LogP) is 2.32. The van der Waals surface area contributed by atoms with Crippen molar-refractivity contribution in [2.45, 2.75) is 18.4 Å². The van der Waals surface area contributed by atoms with Gasteiger partial charge in [-0.15, -0.1) is 5.10 Å². The highest BCUT2D eigenvalue weighted by Crippen LogP contribution is 2.27. The number of aromatic nitrogens is 5. The van der Waals surface area contributed by atoms with Crippen LogP contribution in [0.5, 0.6) is 0 Å².